The Bertz CT molecular complexity index is 637. The lowest BCUT2D eigenvalue weighted by atomic mass is 10.1. The van der Waals surface area contributed by atoms with E-state index in [1.54, 1.807) is 0 Å². The van der Waals surface area contributed by atoms with Crippen LogP contribution in [0.4, 0.5) is 17.6 Å². The van der Waals surface area contributed by atoms with Crippen LogP contribution in [0.5, 0.6) is 0 Å². The van der Waals surface area contributed by atoms with Crippen molar-refractivity contribution in [2.45, 2.75) is 16.0 Å². The highest BCUT2D eigenvalue weighted by Crippen LogP contribution is 2.39. The highest BCUT2D eigenvalue weighted by atomic mass is 32.2. The van der Waals surface area contributed by atoms with Gasteiger partial charge in [0.15, 0.2) is 0 Å². The third-order valence-corrected chi connectivity index (χ3v) is 3.53. The minimum Gasteiger partial charge on any atom is -0.298 e. The maximum absolute atomic E-state index is 13.0. The van der Waals surface area contributed by atoms with Crippen molar-refractivity contribution < 1.29 is 22.4 Å². The molecule has 2 rings (SSSR count). The number of hydrogen-bond donors (Lipinski definition) is 0. The fraction of sp³-hybridized carbons (Fsp3) is 0.0714. The first-order valence-electron chi connectivity index (χ1n) is 5.50. The molecule has 0 N–H and O–H groups in total. The van der Waals surface area contributed by atoms with Crippen LogP contribution in [0, 0.1) is 5.82 Å². The van der Waals surface area contributed by atoms with Gasteiger partial charge in [0.2, 0.25) is 0 Å². The molecule has 0 amide bonds. The zero-order valence-corrected chi connectivity index (χ0v) is 10.8. The smallest absolute Gasteiger partial charge is 0.298 e. The van der Waals surface area contributed by atoms with E-state index >= 15 is 0 Å². The lowest BCUT2D eigenvalue weighted by Gasteiger charge is -2.13. The molecule has 0 fully saturated rings. The lowest BCUT2D eigenvalue weighted by molar-refractivity contribution is -0.139. The average Bonchev–Trinajstić information content (AvgIpc) is 2.38. The van der Waals surface area contributed by atoms with E-state index in [2.05, 4.69) is 0 Å². The first kappa shape index (κ1) is 14.6. The number of hydrogen-bond acceptors (Lipinski definition) is 2. The maximum atomic E-state index is 13.0. The van der Waals surface area contributed by atoms with Crippen molar-refractivity contribution in [2.75, 3.05) is 0 Å². The normalized spacial score (nSPS) is 11.4. The quantitative estimate of drug-likeness (QED) is 0.598. The first-order chi connectivity index (χ1) is 9.40. The van der Waals surface area contributed by atoms with E-state index in [1.165, 1.54) is 30.3 Å². The summed E-state index contributed by atoms with van der Waals surface area (Å²) in [6.07, 6.45) is -4.22. The Morgan fingerprint density at radius 3 is 2.40 bits per heavy atom. The lowest BCUT2D eigenvalue weighted by Crippen LogP contribution is -2.07. The van der Waals surface area contributed by atoms with Gasteiger partial charge in [-0.2, -0.15) is 13.2 Å². The first-order valence-corrected chi connectivity index (χ1v) is 6.31. The molecule has 0 aromatic heterocycles. The fourth-order valence-electron chi connectivity index (χ4n) is 1.59. The van der Waals surface area contributed by atoms with Crippen molar-refractivity contribution in [1.82, 2.24) is 0 Å². The molecule has 0 saturated carbocycles. The number of alkyl halides is 3. The van der Waals surface area contributed by atoms with Gasteiger partial charge in [0.25, 0.3) is 0 Å². The molecular formula is C14H8F4OS. The average molecular weight is 300 g/mol. The second kappa shape index (κ2) is 5.66. The zero-order chi connectivity index (χ0) is 14.8. The van der Waals surface area contributed by atoms with E-state index in [1.807, 2.05) is 0 Å². The molecule has 6 heteroatoms. The molecule has 2 aromatic rings. The summed E-state index contributed by atoms with van der Waals surface area (Å²) in [7, 11) is 0. The van der Waals surface area contributed by atoms with E-state index in [4.69, 9.17) is 0 Å². The Labute approximate surface area is 116 Å². The van der Waals surface area contributed by atoms with E-state index in [-0.39, 0.29) is 10.5 Å². The molecule has 0 unspecified atom stereocenters. The molecular weight excluding hydrogens is 292 g/mol. The summed E-state index contributed by atoms with van der Waals surface area (Å²) in [5.74, 6) is -0.520. The summed E-state index contributed by atoms with van der Waals surface area (Å²) < 4.78 is 51.9. The SMILES string of the molecule is O=Cc1ccc(Sc2cccc(F)c2)c(C(F)(F)F)c1. The topological polar surface area (TPSA) is 17.1 Å². The second-order valence-corrected chi connectivity index (χ2v) is 5.05. The summed E-state index contributed by atoms with van der Waals surface area (Å²) in [5.41, 5.74) is -0.961. The van der Waals surface area contributed by atoms with Gasteiger partial charge in [0, 0.05) is 15.4 Å². The summed E-state index contributed by atoms with van der Waals surface area (Å²) in [4.78, 5) is 10.9. The van der Waals surface area contributed by atoms with Gasteiger partial charge < -0.3 is 0 Å². The molecule has 2 aromatic carbocycles. The Kier molecular flexibility index (Phi) is 4.13. The highest BCUT2D eigenvalue weighted by Gasteiger charge is 2.33. The van der Waals surface area contributed by atoms with Gasteiger partial charge in [-0.05, 0) is 30.3 Å². The van der Waals surface area contributed by atoms with Gasteiger partial charge in [-0.3, -0.25) is 4.79 Å². The molecule has 0 aliphatic carbocycles. The molecule has 0 aliphatic rings. The van der Waals surface area contributed by atoms with E-state index in [9.17, 15) is 22.4 Å². The molecule has 0 saturated heterocycles. The Morgan fingerprint density at radius 2 is 1.80 bits per heavy atom. The van der Waals surface area contributed by atoms with Crippen molar-refractivity contribution >= 4 is 18.0 Å². The van der Waals surface area contributed by atoms with Crippen molar-refractivity contribution in [2.24, 2.45) is 0 Å². The standard InChI is InChI=1S/C14H8F4OS/c15-10-2-1-3-11(7-10)20-13-5-4-9(8-19)6-12(13)14(16,17)18/h1-8H. The Hall–Kier alpha value is -1.82. The third-order valence-electron chi connectivity index (χ3n) is 2.47. The van der Waals surface area contributed by atoms with Crippen molar-refractivity contribution in [3.05, 3.63) is 59.4 Å². The monoisotopic (exact) mass is 300 g/mol. The Balaban J connectivity index is 2.43. The molecule has 104 valence electrons. The molecule has 0 spiro atoms. The molecule has 1 nitrogen and oxygen atoms in total. The van der Waals surface area contributed by atoms with Crippen LogP contribution in [0.3, 0.4) is 0 Å². The molecule has 0 atom stereocenters. The van der Waals surface area contributed by atoms with Crippen LogP contribution in [-0.4, -0.2) is 6.29 Å². The number of carbonyl (C=O) groups is 1. The van der Waals surface area contributed by atoms with Crippen molar-refractivity contribution in [3.8, 4) is 0 Å². The van der Waals surface area contributed by atoms with Gasteiger partial charge in [0.1, 0.15) is 12.1 Å². The predicted octanol–water partition coefficient (Wildman–Crippen LogP) is 4.81. The van der Waals surface area contributed by atoms with Crippen LogP contribution >= 0.6 is 11.8 Å². The number of carbonyl (C=O) groups excluding carboxylic acids is 1. The molecule has 0 heterocycles. The van der Waals surface area contributed by atoms with Crippen LogP contribution in [0.1, 0.15) is 15.9 Å². The maximum Gasteiger partial charge on any atom is 0.417 e. The number of halogens is 4. The molecule has 0 bridgehead atoms. The van der Waals surface area contributed by atoms with Gasteiger partial charge in [-0.1, -0.05) is 23.9 Å². The van der Waals surface area contributed by atoms with E-state index < -0.39 is 17.6 Å². The number of rotatable bonds is 3. The van der Waals surface area contributed by atoms with Crippen LogP contribution in [0.25, 0.3) is 0 Å². The van der Waals surface area contributed by atoms with Crippen molar-refractivity contribution in [1.29, 1.82) is 0 Å². The van der Waals surface area contributed by atoms with Crippen LogP contribution in [0.2, 0.25) is 0 Å². The van der Waals surface area contributed by atoms with E-state index in [0.717, 1.165) is 23.9 Å². The zero-order valence-electron chi connectivity index (χ0n) is 9.95. The Morgan fingerprint density at radius 1 is 1.05 bits per heavy atom. The summed E-state index contributed by atoms with van der Waals surface area (Å²) >= 11 is 0.799. The highest BCUT2D eigenvalue weighted by molar-refractivity contribution is 7.99. The van der Waals surface area contributed by atoms with Gasteiger partial charge in [-0.15, -0.1) is 0 Å². The van der Waals surface area contributed by atoms with Crippen LogP contribution in [0.15, 0.2) is 52.3 Å². The van der Waals surface area contributed by atoms with Gasteiger partial charge in [0.05, 0.1) is 5.56 Å². The molecule has 0 radical (unpaired) electrons. The summed E-state index contributed by atoms with van der Waals surface area (Å²) in [6.45, 7) is 0. The predicted molar refractivity (Wildman–Crippen MR) is 67.4 cm³/mol. The minimum absolute atomic E-state index is 0.0547. The minimum atomic E-state index is -4.57. The second-order valence-electron chi connectivity index (χ2n) is 3.93. The third kappa shape index (κ3) is 3.39. The van der Waals surface area contributed by atoms with E-state index in [0.29, 0.717) is 11.2 Å². The van der Waals surface area contributed by atoms with Gasteiger partial charge in [-0.25, -0.2) is 4.39 Å². The number of aldehydes is 1. The molecule has 20 heavy (non-hydrogen) atoms. The summed E-state index contributed by atoms with van der Waals surface area (Å²) in [6, 6.07) is 8.59. The fourth-order valence-corrected chi connectivity index (χ4v) is 2.58. The molecule has 0 aliphatic heterocycles. The van der Waals surface area contributed by atoms with Gasteiger partial charge >= 0.3 is 6.18 Å². The van der Waals surface area contributed by atoms with Crippen molar-refractivity contribution in [3.63, 3.8) is 0 Å². The van der Waals surface area contributed by atoms with Crippen LogP contribution < -0.4 is 0 Å². The number of benzene rings is 2. The largest absolute Gasteiger partial charge is 0.417 e. The summed E-state index contributed by atoms with van der Waals surface area (Å²) in [5, 5.41) is 0. The van der Waals surface area contributed by atoms with Crippen LogP contribution in [-0.2, 0) is 6.18 Å².